The first-order chi connectivity index (χ1) is 16.9. The van der Waals surface area contributed by atoms with E-state index in [9.17, 15) is 14.0 Å². The molecule has 182 valence electrons. The summed E-state index contributed by atoms with van der Waals surface area (Å²) in [6.07, 6.45) is 4.38. The number of carbonyl (C=O) groups is 2. The van der Waals surface area contributed by atoms with Crippen LogP contribution in [0, 0.1) is 6.92 Å². The van der Waals surface area contributed by atoms with Crippen molar-refractivity contribution in [2.75, 3.05) is 23.3 Å². The predicted molar refractivity (Wildman–Crippen MR) is 128 cm³/mol. The highest BCUT2D eigenvalue weighted by atomic mass is 32.1. The van der Waals surface area contributed by atoms with E-state index >= 15 is 0 Å². The van der Waals surface area contributed by atoms with Gasteiger partial charge in [0.1, 0.15) is 11.0 Å². The first kappa shape index (κ1) is 22.1. The van der Waals surface area contributed by atoms with Crippen molar-refractivity contribution >= 4 is 34.0 Å². The lowest BCUT2D eigenvalue weighted by molar-refractivity contribution is -0.119. The Kier molecular flexibility index (Phi) is 5.32. The first-order valence-corrected chi connectivity index (χ1v) is 12.6. The lowest BCUT2D eigenvalue weighted by Crippen LogP contribution is -2.51. The second-order valence-corrected chi connectivity index (χ2v) is 10.6. The number of nitrogens with zero attached hydrogens (tertiary/aromatic N) is 4. The Labute approximate surface area is 205 Å². The number of hydrogen-bond donors (Lipinski definition) is 2. The monoisotopic (exact) mass is 496 g/mol. The third-order valence-corrected chi connectivity index (χ3v) is 8.22. The zero-order valence-electron chi connectivity index (χ0n) is 19.2. The molecule has 0 unspecified atom stereocenters. The van der Waals surface area contributed by atoms with Gasteiger partial charge < -0.3 is 20.1 Å². The predicted octanol–water partition coefficient (Wildman–Crippen LogP) is 3.83. The zero-order chi connectivity index (χ0) is 24.2. The fourth-order valence-corrected chi connectivity index (χ4v) is 5.66. The Morgan fingerprint density at radius 2 is 2.11 bits per heavy atom. The summed E-state index contributed by atoms with van der Waals surface area (Å²) >= 11 is 1.36. The van der Waals surface area contributed by atoms with E-state index in [1.54, 1.807) is 12.3 Å². The zero-order valence-corrected chi connectivity index (χ0v) is 20.0. The molecule has 3 aromatic rings. The molecule has 2 saturated heterocycles. The molecular formula is C24H25FN6O3S. The minimum atomic E-state index is -0.907. The summed E-state index contributed by atoms with van der Waals surface area (Å²) in [5, 5.41) is 10.9. The van der Waals surface area contributed by atoms with E-state index in [2.05, 4.69) is 30.7 Å². The Morgan fingerprint density at radius 3 is 2.83 bits per heavy atom. The van der Waals surface area contributed by atoms with Gasteiger partial charge in [-0.15, -0.1) is 0 Å². The number of aromatic nitrogens is 3. The molecule has 1 saturated carbocycles. The van der Waals surface area contributed by atoms with E-state index in [1.807, 2.05) is 19.1 Å². The van der Waals surface area contributed by atoms with Crippen molar-refractivity contribution in [2.45, 2.75) is 56.7 Å². The van der Waals surface area contributed by atoms with Crippen LogP contribution in [0.2, 0.25) is 0 Å². The quantitative estimate of drug-likeness (QED) is 0.552. The number of benzene rings is 1. The number of thiazole rings is 1. The maximum Gasteiger partial charge on any atom is 0.267 e. The summed E-state index contributed by atoms with van der Waals surface area (Å²) in [7, 11) is 0. The number of aryl methyl sites for hydroxylation is 1. The van der Waals surface area contributed by atoms with Crippen LogP contribution >= 0.6 is 11.3 Å². The Bertz CT molecular complexity index is 1300. The molecular weight excluding hydrogens is 471 g/mol. The van der Waals surface area contributed by atoms with Crippen LogP contribution in [-0.2, 0) is 4.79 Å². The average Bonchev–Trinajstić information content (AvgIpc) is 3.27. The maximum atomic E-state index is 13.3. The second-order valence-electron chi connectivity index (χ2n) is 9.62. The molecule has 11 heteroatoms. The van der Waals surface area contributed by atoms with Gasteiger partial charge in [-0.1, -0.05) is 28.6 Å². The molecule has 4 heterocycles. The number of rotatable bonds is 5. The van der Waals surface area contributed by atoms with Gasteiger partial charge in [0, 0.05) is 36.3 Å². The van der Waals surface area contributed by atoms with Crippen LogP contribution in [0.15, 0.2) is 28.9 Å². The van der Waals surface area contributed by atoms with Crippen LogP contribution in [0.4, 0.5) is 15.2 Å². The van der Waals surface area contributed by atoms with Gasteiger partial charge in [-0.05, 0) is 44.2 Å². The summed E-state index contributed by atoms with van der Waals surface area (Å²) < 4.78 is 18.5. The van der Waals surface area contributed by atoms with E-state index in [0.29, 0.717) is 40.7 Å². The van der Waals surface area contributed by atoms with Gasteiger partial charge in [0.15, 0.2) is 5.13 Å². The Hall–Kier alpha value is -3.34. The number of amides is 2. The van der Waals surface area contributed by atoms with Crippen molar-refractivity contribution in [1.29, 1.82) is 0 Å². The molecule has 35 heavy (non-hydrogen) atoms. The highest BCUT2D eigenvalue weighted by Crippen LogP contribution is 2.43. The lowest BCUT2D eigenvalue weighted by Gasteiger charge is -2.39. The molecule has 2 aliphatic heterocycles. The molecule has 9 nitrogen and oxygen atoms in total. The molecule has 1 aromatic carbocycles. The highest BCUT2D eigenvalue weighted by Gasteiger charge is 2.43. The average molecular weight is 497 g/mol. The van der Waals surface area contributed by atoms with Crippen LogP contribution in [0.1, 0.15) is 59.1 Å². The fourth-order valence-electron chi connectivity index (χ4n) is 4.79. The number of alkyl halides is 1. The summed E-state index contributed by atoms with van der Waals surface area (Å²) in [6, 6.07) is 5.52. The third-order valence-electron chi connectivity index (χ3n) is 7.16. The van der Waals surface area contributed by atoms with Crippen molar-refractivity contribution in [3.05, 3.63) is 40.7 Å². The lowest BCUT2D eigenvalue weighted by atomic mass is 9.86. The van der Waals surface area contributed by atoms with Crippen molar-refractivity contribution in [3.63, 3.8) is 0 Å². The van der Waals surface area contributed by atoms with Crippen LogP contribution in [0.25, 0.3) is 11.4 Å². The van der Waals surface area contributed by atoms with Gasteiger partial charge >= 0.3 is 0 Å². The summed E-state index contributed by atoms with van der Waals surface area (Å²) in [5.41, 5.74) is 2.14. The largest absolute Gasteiger partial charge is 0.351 e. The molecule has 2 N–H and O–H groups in total. The fraction of sp³-hybridized carbons (Fsp3) is 0.458. The van der Waals surface area contributed by atoms with Gasteiger partial charge in [-0.2, -0.15) is 4.98 Å². The maximum absolute atomic E-state index is 13.3. The van der Waals surface area contributed by atoms with Crippen LogP contribution in [0.3, 0.4) is 0 Å². The number of nitrogens with one attached hydrogen (secondary N) is 2. The molecule has 6 rings (SSSR count). The third kappa shape index (κ3) is 4.29. The summed E-state index contributed by atoms with van der Waals surface area (Å²) in [6.45, 7) is 3.50. The molecule has 2 aromatic heterocycles. The van der Waals surface area contributed by atoms with Gasteiger partial charge in [0.05, 0.1) is 12.1 Å². The van der Waals surface area contributed by atoms with Gasteiger partial charge in [-0.3, -0.25) is 9.59 Å². The standard InChI is InChI=1S/C24H25FN6O3S/c1-13-2-3-14(20-28-22(34-30-20)15-11-16(15)25)10-17(13)27-21(33)18-12-26-23(35-18)31-8-6-24(7-9-31)5-4-19(32)29-24/h2-3,10,12,15-16H,4-9,11H2,1H3,(H,27,33)(H,29,32)/t15-,16-/m0/s1. The van der Waals surface area contributed by atoms with Gasteiger partial charge in [0.25, 0.3) is 5.91 Å². The molecule has 3 fully saturated rings. The number of carbonyl (C=O) groups excluding carboxylic acids is 2. The topological polar surface area (TPSA) is 113 Å². The Balaban J connectivity index is 1.12. The second kappa shape index (κ2) is 8.40. The normalized spacial score (nSPS) is 22.9. The van der Waals surface area contributed by atoms with Crippen molar-refractivity contribution in [3.8, 4) is 11.4 Å². The number of piperidine rings is 1. The van der Waals surface area contributed by atoms with Gasteiger partial charge in [-0.25, -0.2) is 9.37 Å². The van der Waals surface area contributed by atoms with Crippen molar-refractivity contribution in [2.24, 2.45) is 0 Å². The molecule has 0 bridgehead atoms. The van der Waals surface area contributed by atoms with Crippen LogP contribution in [-0.4, -0.2) is 51.7 Å². The van der Waals surface area contributed by atoms with Gasteiger partial charge in [0.2, 0.25) is 17.6 Å². The number of halogens is 1. The van der Waals surface area contributed by atoms with E-state index in [-0.39, 0.29) is 23.3 Å². The SMILES string of the molecule is Cc1ccc(-c2noc([C@H]3C[C@@H]3F)n2)cc1NC(=O)c1cnc(N2CCC3(CCC(=O)N3)CC2)s1. The molecule has 2 atom stereocenters. The summed E-state index contributed by atoms with van der Waals surface area (Å²) in [5.74, 6) is 0.286. The Morgan fingerprint density at radius 1 is 1.31 bits per heavy atom. The van der Waals surface area contributed by atoms with E-state index in [1.165, 1.54) is 11.3 Å². The van der Waals surface area contributed by atoms with Crippen molar-refractivity contribution in [1.82, 2.24) is 20.4 Å². The summed E-state index contributed by atoms with van der Waals surface area (Å²) in [4.78, 5) is 36.2. The highest BCUT2D eigenvalue weighted by molar-refractivity contribution is 7.17. The van der Waals surface area contributed by atoms with Crippen LogP contribution in [0.5, 0.6) is 0 Å². The molecule has 2 amide bonds. The van der Waals surface area contributed by atoms with E-state index in [4.69, 9.17) is 4.52 Å². The van der Waals surface area contributed by atoms with E-state index < -0.39 is 6.17 Å². The molecule has 1 spiro atoms. The number of hydrogen-bond acceptors (Lipinski definition) is 8. The molecule has 1 aliphatic carbocycles. The van der Waals surface area contributed by atoms with E-state index in [0.717, 1.165) is 43.0 Å². The smallest absolute Gasteiger partial charge is 0.267 e. The minimum Gasteiger partial charge on any atom is -0.351 e. The molecule has 3 aliphatic rings. The van der Waals surface area contributed by atoms with Crippen molar-refractivity contribution < 1.29 is 18.5 Å². The van der Waals surface area contributed by atoms with Crippen LogP contribution < -0.4 is 15.5 Å². The number of anilines is 2. The molecule has 0 radical (unpaired) electrons. The first-order valence-electron chi connectivity index (χ1n) is 11.8. The minimum absolute atomic E-state index is 0.0701.